The third-order valence-electron chi connectivity index (χ3n) is 5.62. The van der Waals surface area contributed by atoms with E-state index in [1.165, 1.54) is 11.3 Å². The number of likely N-dealkylation sites (N-methyl/N-ethyl adjacent to an activating group) is 1. The normalized spacial score (nSPS) is 23.3. The zero-order valence-corrected chi connectivity index (χ0v) is 19.4. The highest BCUT2D eigenvalue weighted by atomic mass is 35.5. The van der Waals surface area contributed by atoms with Gasteiger partial charge in [-0.05, 0) is 26.3 Å². The summed E-state index contributed by atoms with van der Waals surface area (Å²) in [7, 11) is 2.05. The number of hydrogen-bond donors (Lipinski definition) is 3. The molecule has 0 saturated heterocycles. The van der Waals surface area contributed by atoms with Crippen molar-refractivity contribution < 1.29 is 14.4 Å². The third-order valence-corrected chi connectivity index (χ3v) is 7.64. The minimum atomic E-state index is -1.03. The van der Waals surface area contributed by atoms with E-state index in [0.717, 1.165) is 41.5 Å². The number of amides is 3. The molecule has 4 N–H and O–H groups in total. The van der Waals surface area contributed by atoms with Crippen LogP contribution in [0.25, 0.3) is 0 Å². The van der Waals surface area contributed by atoms with Crippen LogP contribution in [0.4, 0.5) is 0 Å². The molecule has 0 bridgehead atoms. The van der Waals surface area contributed by atoms with E-state index >= 15 is 0 Å². The van der Waals surface area contributed by atoms with Gasteiger partial charge in [-0.15, -0.1) is 35.1 Å². The fraction of sp³-hybridized carbons (Fsp3) is 0.526. The van der Waals surface area contributed by atoms with Crippen LogP contribution >= 0.6 is 35.1 Å². The molecular weight excluding hydrogens is 460 g/mol. The molecule has 31 heavy (non-hydrogen) atoms. The van der Waals surface area contributed by atoms with Crippen LogP contribution in [0.15, 0.2) is 11.6 Å². The standard InChI is InChI=1S/C19H24N6O3S2.ClH/c1-25-6-4-12-14(9-25)30-19(24-12)17(28)23-13-8-10(18-21-5-7-29-18)2-3-11(13)22-16(27)15(20)26;/h5,7,10-11,13H,2-4,6,8-9H2,1H3,(H2,20,26)(H,22,27)(H,23,28);1H/t10-,11+,13-;/m1./s1. The maximum Gasteiger partial charge on any atom is 0.309 e. The fourth-order valence-electron chi connectivity index (χ4n) is 4.05. The summed E-state index contributed by atoms with van der Waals surface area (Å²) < 4.78 is 0. The molecule has 12 heteroatoms. The van der Waals surface area contributed by atoms with Crippen molar-refractivity contribution in [1.29, 1.82) is 0 Å². The molecule has 3 atom stereocenters. The van der Waals surface area contributed by atoms with Crippen LogP contribution in [0, 0.1) is 0 Å². The average molecular weight is 485 g/mol. The first-order valence-corrected chi connectivity index (χ1v) is 11.6. The highest BCUT2D eigenvalue weighted by Crippen LogP contribution is 2.34. The summed E-state index contributed by atoms with van der Waals surface area (Å²) in [5.41, 5.74) is 6.10. The van der Waals surface area contributed by atoms with Crippen LogP contribution in [0.3, 0.4) is 0 Å². The smallest absolute Gasteiger partial charge is 0.309 e. The van der Waals surface area contributed by atoms with Crippen LogP contribution in [0.5, 0.6) is 0 Å². The van der Waals surface area contributed by atoms with E-state index in [1.807, 2.05) is 5.38 Å². The number of fused-ring (bicyclic) bond motifs is 1. The van der Waals surface area contributed by atoms with Gasteiger partial charge in [-0.2, -0.15) is 0 Å². The number of halogens is 1. The maximum absolute atomic E-state index is 13.0. The third kappa shape index (κ3) is 5.40. The summed E-state index contributed by atoms with van der Waals surface area (Å²) in [5.74, 6) is -1.92. The van der Waals surface area contributed by atoms with E-state index in [0.29, 0.717) is 17.8 Å². The van der Waals surface area contributed by atoms with Crippen LogP contribution in [-0.2, 0) is 22.6 Å². The van der Waals surface area contributed by atoms with Gasteiger partial charge in [-0.3, -0.25) is 14.4 Å². The van der Waals surface area contributed by atoms with Gasteiger partial charge in [-0.25, -0.2) is 9.97 Å². The Hall–Kier alpha value is -2.08. The maximum atomic E-state index is 13.0. The highest BCUT2D eigenvalue weighted by molar-refractivity contribution is 7.13. The number of nitrogens with one attached hydrogen (secondary N) is 2. The van der Waals surface area contributed by atoms with Gasteiger partial charge in [0.1, 0.15) is 0 Å². The van der Waals surface area contributed by atoms with Gasteiger partial charge in [0.2, 0.25) is 0 Å². The first kappa shape index (κ1) is 23.6. The number of nitrogens with two attached hydrogens (primary N) is 1. The summed E-state index contributed by atoms with van der Waals surface area (Å²) in [6, 6.07) is -0.710. The molecule has 2 aromatic heterocycles. The summed E-state index contributed by atoms with van der Waals surface area (Å²) in [5, 5.41) is 9.11. The van der Waals surface area contributed by atoms with Crippen molar-refractivity contribution in [2.24, 2.45) is 5.73 Å². The molecule has 3 heterocycles. The lowest BCUT2D eigenvalue weighted by Crippen LogP contribution is -2.56. The molecule has 0 aromatic carbocycles. The predicted octanol–water partition coefficient (Wildman–Crippen LogP) is 1.05. The molecule has 0 unspecified atom stereocenters. The Morgan fingerprint density at radius 3 is 2.74 bits per heavy atom. The summed E-state index contributed by atoms with van der Waals surface area (Å²) >= 11 is 3.00. The Morgan fingerprint density at radius 2 is 2.03 bits per heavy atom. The molecule has 1 aliphatic carbocycles. The number of hydrogen-bond acceptors (Lipinski definition) is 8. The van der Waals surface area contributed by atoms with Gasteiger partial charge in [0.05, 0.1) is 16.7 Å². The van der Waals surface area contributed by atoms with E-state index in [-0.39, 0.29) is 36.3 Å². The topological polar surface area (TPSA) is 130 Å². The van der Waals surface area contributed by atoms with Crippen LogP contribution in [0.1, 0.15) is 50.6 Å². The second kappa shape index (κ2) is 10.0. The van der Waals surface area contributed by atoms with E-state index in [9.17, 15) is 14.4 Å². The van der Waals surface area contributed by atoms with Crippen molar-refractivity contribution in [3.63, 3.8) is 0 Å². The van der Waals surface area contributed by atoms with Gasteiger partial charge in [0.15, 0.2) is 5.01 Å². The molecule has 0 radical (unpaired) electrons. The Kier molecular flexibility index (Phi) is 7.63. The van der Waals surface area contributed by atoms with E-state index in [1.54, 1.807) is 17.5 Å². The Balaban J connectivity index is 0.00000272. The minimum absolute atomic E-state index is 0. The lowest BCUT2D eigenvalue weighted by molar-refractivity contribution is -0.138. The number of primary amides is 1. The number of rotatable bonds is 4. The van der Waals surface area contributed by atoms with Crippen molar-refractivity contribution in [1.82, 2.24) is 25.5 Å². The second-order valence-electron chi connectivity index (χ2n) is 7.78. The molecule has 0 spiro atoms. The van der Waals surface area contributed by atoms with Crippen LogP contribution < -0.4 is 16.4 Å². The first-order valence-electron chi connectivity index (χ1n) is 9.88. The van der Waals surface area contributed by atoms with Gasteiger partial charge in [0.25, 0.3) is 5.91 Å². The Bertz CT molecular complexity index is 951. The summed E-state index contributed by atoms with van der Waals surface area (Å²) in [6.45, 7) is 1.73. The number of aromatic nitrogens is 2. The Morgan fingerprint density at radius 1 is 1.23 bits per heavy atom. The minimum Gasteiger partial charge on any atom is -0.361 e. The SMILES string of the molecule is CN1CCc2nc(C(=O)N[C@@H]3C[C@H](c4nccs4)CC[C@@H]3NC(=O)C(N)=O)sc2C1.Cl. The van der Waals surface area contributed by atoms with Crippen LogP contribution in [0.2, 0.25) is 0 Å². The van der Waals surface area contributed by atoms with E-state index in [2.05, 4.69) is 32.5 Å². The lowest BCUT2D eigenvalue weighted by atomic mass is 9.82. The molecule has 168 valence electrons. The fourth-order valence-corrected chi connectivity index (χ4v) is 5.93. The zero-order chi connectivity index (χ0) is 21.3. The molecule has 1 fully saturated rings. The van der Waals surface area contributed by atoms with Gasteiger partial charge < -0.3 is 21.3 Å². The van der Waals surface area contributed by atoms with Crippen molar-refractivity contribution in [2.45, 2.75) is 50.2 Å². The zero-order valence-electron chi connectivity index (χ0n) is 17.0. The van der Waals surface area contributed by atoms with Crippen molar-refractivity contribution in [2.75, 3.05) is 13.6 Å². The molecule has 3 amide bonds. The van der Waals surface area contributed by atoms with E-state index in [4.69, 9.17) is 5.73 Å². The molecule has 1 aliphatic heterocycles. The summed E-state index contributed by atoms with van der Waals surface area (Å²) in [4.78, 5) is 48.3. The lowest BCUT2D eigenvalue weighted by Gasteiger charge is -2.36. The molecule has 2 aromatic rings. The first-order chi connectivity index (χ1) is 14.4. The number of nitrogens with zero attached hydrogens (tertiary/aromatic N) is 3. The number of carbonyl (C=O) groups is 3. The number of carbonyl (C=O) groups excluding carboxylic acids is 3. The monoisotopic (exact) mass is 484 g/mol. The quantitative estimate of drug-likeness (QED) is 0.556. The molecule has 9 nitrogen and oxygen atoms in total. The molecule has 4 rings (SSSR count). The van der Waals surface area contributed by atoms with Gasteiger partial charge >= 0.3 is 11.8 Å². The molecular formula is C19H25ClN6O3S2. The highest BCUT2D eigenvalue weighted by Gasteiger charge is 2.35. The molecule has 1 saturated carbocycles. The predicted molar refractivity (Wildman–Crippen MR) is 120 cm³/mol. The van der Waals surface area contributed by atoms with Crippen molar-refractivity contribution in [3.05, 3.63) is 32.2 Å². The van der Waals surface area contributed by atoms with Crippen molar-refractivity contribution >= 4 is 52.8 Å². The largest absolute Gasteiger partial charge is 0.361 e. The van der Waals surface area contributed by atoms with Crippen LogP contribution in [-0.4, -0.2) is 58.3 Å². The van der Waals surface area contributed by atoms with E-state index < -0.39 is 11.8 Å². The van der Waals surface area contributed by atoms with Gasteiger partial charge in [-0.1, -0.05) is 0 Å². The Labute approximate surface area is 194 Å². The van der Waals surface area contributed by atoms with Gasteiger partial charge in [0, 0.05) is 47.9 Å². The average Bonchev–Trinajstić information content (AvgIpc) is 3.38. The molecule has 2 aliphatic rings. The number of thiazole rings is 2. The summed E-state index contributed by atoms with van der Waals surface area (Å²) in [6.07, 6.45) is 4.65. The van der Waals surface area contributed by atoms with Crippen molar-refractivity contribution in [3.8, 4) is 0 Å². The second-order valence-corrected chi connectivity index (χ2v) is 9.79.